The van der Waals surface area contributed by atoms with Gasteiger partial charge in [-0.2, -0.15) is 0 Å². The molecule has 1 aromatic rings. The summed E-state index contributed by atoms with van der Waals surface area (Å²) >= 11 is 6.00. The van der Waals surface area contributed by atoms with E-state index in [-0.39, 0.29) is 29.8 Å². The molecule has 1 saturated heterocycles. The van der Waals surface area contributed by atoms with E-state index in [2.05, 4.69) is 31.4 Å². The Kier molecular flexibility index (Phi) is 5.45. The standard InChI is InChI=1S/C21H28ClN3O3/c1-13-9-20(3,4)12-21(10-13)18(27)25(19(28)24-21)11-17(26)23-14(2)15-6-5-7-16(22)8-15/h5-8,13-14H,9-12H2,1-4H3,(H,23,26)(H,24,28). The van der Waals surface area contributed by atoms with Crippen molar-refractivity contribution in [3.63, 3.8) is 0 Å². The molecule has 1 aromatic carbocycles. The summed E-state index contributed by atoms with van der Waals surface area (Å²) in [5.74, 6) is -0.344. The van der Waals surface area contributed by atoms with Gasteiger partial charge < -0.3 is 10.6 Å². The Morgan fingerprint density at radius 3 is 2.71 bits per heavy atom. The SMILES string of the molecule is CC1CC(C)(C)CC2(C1)NC(=O)N(CC(=O)NC(C)c1cccc(Cl)c1)C2=O. The topological polar surface area (TPSA) is 78.5 Å². The van der Waals surface area contributed by atoms with Crippen LogP contribution in [-0.2, 0) is 9.59 Å². The highest BCUT2D eigenvalue weighted by Crippen LogP contribution is 2.46. The predicted molar refractivity (Wildman–Crippen MR) is 108 cm³/mol. The number of nitrogens with one attached hydrogen (secondary N) is 2. The van der Waals surface area contributed by atoms with Crippen molar-refractivity contribution in [2.75, 3.05) is 6.54 Å². The van der Waals surface area contributed by atoms with Gasteiger partial charge in [-0.1, -0.05) is 44.5 Å². The van der Waals surface area contributed by atoms with Crippen LogP contribution in [0.1, 0.15) is 58.6 Å². The zero-order valence-corrected chi connectivity index (χ0v) is 17.6. The van der Waals surface area contributed by atoms with Crippen molar-refractivity contribution in [1.29, 1.82) is 0 Å². The van der Waals surface area contributed by atoms with Crippen molar-refractivity contribution < 1.29 is 14.4 Å². The minimum atomic E-state index is -0.892. The van der Waals surface area contributed by atoms with Crippen molar-refractivity contribution in [2.45, 2.75) is 58.5 Å². The molecule has 1 aliphatic carbocycles. The Morgan fingerprint density at radius 1 is 1.36 bits per heavy atom. The highest BCUT2D eigenvalue weighted by Gasteiger charge is 2.56. The van der Waals surface area contributed by atoms with E-state index >= 15 is 0 Å². The fourth-order valence-electron chi connectivity index (χ4n) is 4.94. The molecule has 3 rings (SSSR count). The van der Waals surface area contributed by atoms with Gasteiger partial charge in [0.1, 0.15) is 12.1 Å². The molecule has 3 unspecified atom stereocenters. The lowest BCUT2D eigenvalue weighted by molar-refractivity contribution is -0.137. The second-order valence-corrected chi connectivity index (χ2v) is 9.54. The van der Waals surface area contributed by atoms with E-state index in [4.69, 9.17) is 11.6 Å². The van der Waals surface area contributed by atoms with Crippen molar-refractivity contribution in [3.8, 4) is 0 Å². The first-order valence-electron chi connectivity index (χ1n) is 9.70. The number of carbonyl (C=O) groups excluding carboxylic acids is 3. The van der Waals surface area contributed by atoms with Crippen LogP contribution in [0.2, 0.25) is 5.02 Å². The average molecular weight is 406 g/mol. The molecule has 0 radical (unpaired) electrons. The molecule has 2 aliphatic rings. The second kappa shape index (κ2) is 7.39. The molecule has 28 heavy (non-hydrogen) atoms. The number of halogens is 1. The number of rotatable bonds is 4. The summed E-state index contributed by atoms with van der Waals surface area (Å²) in [7, 11) is 0. The molecular weight excluding hydrogens is 378 g/mol. The minimum absolute atomic E-state index is 0.0417. The van der Waals surface area contributed by atoms with E-state index in [9.17, 15) is 14.4 Å². The molecule has 6 nitrogen and oxygen atoms in total. The van der Waals surface area contributed by atoms with Crippen LogP contribution in [0.4, 0.5) is 4.79 Å². The number of urea groups is 1. The smallest absolute Gasteiger partial charge is 0.325 e. The van der Waals surface area contributed by atoms with Gasteiger partial charge in [-0.05, 0) is 55.2 Å². The number of nitrogens with zero attached hydrogens (tertiary/aromatic N) is 1. The lowest BCUT2D eigenvalue weighted by atomic mass is 9.64. The molecule has 1 spiro atoms. The maximum absolute atomic E-state index is 13.1. The molecule has 2 fully saturated rings. The fraction of sp³-hybridized carbons (Fsp3) is 0.571. The summed E-state index contributed by atoms with van der Waals surface area (Å²) in [5, 5.41) is 6.32. The second-order valence-electron chi connectivity index (χ2n) is 9.10. The van der Waals surface area contributed by atoms with Gasteiger partial charge in [0.2, 0.25) is 5.91 Å². The quantitative estimate of drug-likeness (QED) is 0.750. The minimum Gasteiger partial charge on any atom is -0.348 e. The van der Waals surface area contributed by atoms with Crippen LogP contribution in [-0.4, -0.2) is 34.8 Å². The lowest BCUT2D eigenvalue weighted by Crippen LogP contribution is -2.54. The van der Waals surface area contributed by atoms with Crippen LogP contribution in [0.5, 0.6) is 0 Å². The molecule has 1 aliphatic heterocycles. The molecule has 1 heterocycles. The Labute approximate surface area is 171 Å². The third kappa shape index (κ3) is 4.17. The first-order chi connectivity index (χ1) is 13.0. The summed E-state index contributed by atoms with van der Waals surface area (Å²) in [4.78, 5) is 39.2. The summed E-state index contributed by atoms with van der Waals surface area (Å²) in [6.07, 6.45) is 2.21. The van der Waals surface area contributed by atoms with E-state index in [1.54, 1.807) is 12.1 Å². The number of amides is 4. The van der Waals surface area contributed by atoms with Gasteiger partial charge in [0.05, 0.1) is 6.04 Å². The molecule has 2 N–H and O–H groups in total. The Balaban J connectivity index is 1.68. The Bertz CT molecular complexity index is 810. The first kappa shape index (κ1) is 20.6. The van der Waals surface area contributed by atoms with Crippen LogP contribution < -0.4 is 10.6 Å². The number of hydrogen-bond donors (Lipinski definition) is 2. The van der Waals surface area contributed by atoms with Crippen molar-refractivity contribution in [1.82, 2.24) is 15.5 Å². The Hall–Kier alpha value is -2.08. The maximum Gasteiger partial charge on any atom is 0.325 e. The van der Waals surface area contributed by atoms with Crippen molar-refractivity contribution >= 4 is 29.4 Å². The van der Waals surface area contributed by atoms with E-state index < -0.39 is 11.6 Å². The van der Waals surface area contributed by atoms with E-state index in [0.717, 1.165) is 16.9 Å². The fourth-order valence-corrected chi connectivity index (χ4v) is 5.14. The highest BCUT2D eigenvalue weighted by molar-refractivity contribution is 6.30. The summed E-state index contributed by atoms with van der Waals surface area (Å²) in [6.45, 7) is 7.89. The van der Waals surface area contributed by atoms with Gasteiger partial charge in [-0.25, -0.2) is 4.79 Å². The van der Waals surface area contributed by atoms with Crippen molar-refractivity contribution in [2.24, 2.45) is 11.3 Å². The highest BCUT2D eigenvalue weighted by atomic mass is 35.5. The Morgan fingerprint density at radius 2 is 2.07 bits per heavy atom. The van der Waals surface area contributed by atoms with Crippen molar-refractivity contribution in [3.05, 3.63) is 34.9 Å². The molecule has 3 atom stereocenters. The zero-order chi connectivity index (χ0) is 20.7. The van der Waals surface area contributed by atoms with Gasteiger partial charge in [0, 0.05) is 5.02 Å². The lowest BCUT2D eigenvalue weighted by Gasteiger charge is -2.43. The number of hydrogen-bond acceptors (Lipinski definition) is 3. The molecular formula is C21H28ClN3O3. The molecule has 0 aromatic heterocycles. The van der Waals surface area contributed by atoms with E-state index in [1.165, 1.54) is 0 Å². The summed E-state index contributed by atoms with van der Waals surface area (Å²) in [6, 6.07) is 6.45. The maximum atomic E-state index is 13.1. The van der Waals surface area contributed by atoms with Gasteiger partial charge in [0.25, 0.3) is 5.91 Å². The molecule has 7 heteroatoms. The monoisotopic (exact) mass is 405 g/mol. The third-order valence-electron chi connectivity index (χ3n) is 5.65. The summed E-state index contributed by atoms with van der Waals surface area (Å²) < 4.78 is 0. The first-order valence-corrected chi connectivity index (χ1v) is 10.1. The number of imide groups is 1. The molecule has 1 saturated carbocycles. The average Bonchev–Trinajstić information content (AvgIpc) is 2.76. The van der Waals surface area contributed by atoms with Crippen LogP contribution >= 0.6 is 11.6 Å². The predicted octanol–water partition coefficient (Wildman–Crippen LogP) is 3.65. The van der Waals surface area contributed by atoms with E-state index in [0.29, 0.717) is 23.8 Å². The molecule has 4 amide bonds. The van der Waals surface area contributed by atoms with Crippen LogP contribution in [0, 0.1) is 11.3 Å². The van der Waals surface area contributed by atoms with Gasteiger partial charge >= 0.3 is 6.03 Å². The molecule has 0 bridgehead atoms. The number of carbonyl (C=O) groups is 3. The van der Waals surface area contributed by atoms with Gasteiger partial charge in [-0.15, -0.1) is 0 Å². The van der Waals surface area contributed by atoms with Gasteiger partial charge in [-0.3, -0.25) is 14.5 Å². The van der Waals surface area contributed by atoms with Crippen LogP contribution in [0.15, 0.2) is 24.3 Å². The van der Waals surface area contributed by atoms with Crippen LogP contribution in [0.3, 0.4) is 0 Å². The van der Waals surface area contributed by atoms with E-state index in [1.807, 2.05) is 19.1 Å². The zero-order valence-electron chi connectivity index (χ0n) is 16.8. The van der Waals surface area contributed by atoms with Crippen LogP contribution in [0.25, 0.3) is 0 Å². The number of benzene rings is 1. The summed E-state index contributed by atoms with van der Waals surface area (Å²) in [5.41, 5.74) is -0.0748. The third-order valence-corrected chi connectivity index (χ3v) is 5.89. The molecule has 152 valence electrons. The van der Waals surface area contributed by atoms with Gasteiger partial charge in [0.15, 0.2) is 0 Å². The normalized spacial score (nSPS) is 27.6. The largest absolute Gasteiger partial charge is 0.348 e.